The molecule has 32 heavy (non-hydrogen) atoms. The smallest absolute Gasteiger partial charge is 0.325 e. The molecule has 0 bridgehead atoms. The largest absolute Gasteiger partial charge is 0.342 e. The van der Waals surface area contributed by atoms with Crippen molar-refractivity contribution in [2.24, 2.45) is 5.92 Å². The van der Waals surface area contributed by atoms with Crippen LogP contribution >= 0.6 is 11.3 Å². The van der Waals surface area contributed by atoms with Gasteiger partial charge in [-0.05, 0) is 69.5 Å². The molecule has 0 radical (unpaired) electrons. The number of carbonyl (C=O) groups is 3. The Balaban J connectivity index is 1.38. The highest BCUT2D eigenvalue weighted by atomic mass is 32.1. The molecular weight excluding hydrogens is 424 g/mol. The Hall–Kier alpha value is -1.93. The molecule has 3 fully saturated rings. The van der Waals surface area contributed by atoms with Gasteiger partial charge in [0.25, 0.3) is 5.91 Å². The van der Waals surface area contributed by atoms with Gasteiger partial charge in [-0.3, -0.25) is 14.5 Å². The van der Waals surface area contributed by atoms with E-state index in [-0.39, 0.29) is 23.8 Å². The van der Waals surface area contributed by atoms with Crippen LogP contribution in [-0.2, 0) is 16.0 Å². The minimum atomic E-state index is -0.809. The van der Waals surface area contributed by atoms with Crippen LogP contribution in [-0.4, -0.2) is 77.4 Å². The second kappa shape index (κ2) is 9.91. The molecule has 0 aliphatic carbocycles. The van der Waals surface area contributed by atoms with Gasteiger partial charge >= 0.3 is 6.03 Å². The van der Waals surface area contributed by atoms with Crippen LogP contribution in [0.3, 0.4) is 0 Å². The van der Waals surface area contributed by atoms with Crippen molar-refractivity contribution in [1.82, 2.24) is 20.0 Å². The fourth-order valence-corrected chi connectivity index (χ4v) is 6.51. The summed E-state index contributed by atoms with van der Waals surface area (Å²) in [6, 6.07) is 4.18. The lowest BCUT2D eigenvalue weighted by Crippen LogP contribution is -2.56. The van der Waals surface area contributed by atoms with E-state index in [2.05, 4.69) is 24.2 Å². The summed E-state index contributed by atoms with van der Waals surface area (Å²) in [6.45, 7) is 4.95. The summed E-state index contributed by atoms with van der Waals surface area (Å²) in [4.78, 5) is 46.0. The molecule has 4 amide bonds. The number of likely N-dealkylation sites (tertiary alicyclic amines) is 2. The highest BCUT2D eigenvalue weighted by Gasteiger charge is 2.55. The van der Waals surface area contributed by atoms with Crippen molar-refractivity contribution in [3.63, 3.8) is 0 Å². The molecule has 3 aliphatic heterocycles. The molecular formula is C24H36N4O3S. The molecule has 4 heterocycles. The molecule has 4 rings (SSSR count). The van der Waals surface area contributed by atoms with E-state index in [9.17, 15) is 14.4 Å². The van der Waals surface area contributed by atoms with E-state index < -0.39 is 5.54 Å². The molecule has 1 N–H and O–H groups in total. The number of imide groups is 1. The molecule has 3 saturated heterocycles. The van der Waals surface area contributed by atoms with Gasteiger partial charge in [-0.25, -0.2) is 4.79 Å². The summed E-state index contributed by atoms with van der Waals surface area (Å²) in [5, 5.41) is 5.12. The third-order valence-corrected chi connectivity index (χ3v) is 8.53. The zero-order valence-electron chi connectivity index (χ0n) is 19.3. The first-order valence-electron chi connectivity index (χ1n) is 12.1. The molecule has 0 spiro atoms. The van der Waals surface area contributed by atoms with Gasteiger partial charge in [-0.1, -0.05) is 19.4 Å². The van der Waals surface area contributed by atoms with Gasteiger partial charge in [0.2, 0.25) is 5.91 Å². The zero-order chi connectivity index (χ0) is 22.7. The highest BCUT2D eigenvalue weighted by Crippen LogP contribution is 2.37. The summed E-state index contributed by atoms with van der Waals surface area (Å²) in [5.74, 6) is 0.178. The molecule has 0 aromatic carbocycles. The van der Waals surface area contributed by atoms with Crippen LogP contribution < -0.4 is 5.32 Å². The molecule has 3 aliphatic rings. The molecule has 0 saturated carbocycles. The first-order valence-corrected chi connectivity index (χ1v) is 13.0. The van der Waals surface area contributed by atoms with Crippen LogP contribution in [0.2, 0.25) is 0 Å². The summed E-state index contributed by atoms with van der Waals surface area (Å²) >= 11 is 1.61. The summed E-state index contributed by atoms with van der Waals surface area (Å²) in [7, 11) is 2.12. The van der Waals surface area contributed by atoms with Gasteiger partial charge in [0, 0.05) is 30.6 Å². The van der Waals surface area contributed by atoms with Crippen molar-refractivity contribution in [2.45, 2.75) is 69.9 Å². The summed E-state index contributed by atoms with van der Waals surface area (Å²) in [5.41, 5.74) is -0.809. The van der Waals surface area contributed by atoms with E-state index in [4.69, 9.17) is 0 Å². The Morgan fingerprint density at radius 1 is 1.22 bits per heavy atom. The molecule has 7 nitrogen and oxygen atoms in total. The number of nitrogens with zero attached hydrogens (tertiary/aromatic N) is 3. The first kappa shape index (κ1) is 23.2. The van der Waals surface area contributed by atoms with Gasteiger partial charge in [0.15, 0.2) is 0 Å². The van der Waals surface area contributed by atoms with Crippen LogP contribution in [0.15, 0.2) is 17.5 Å². The van der Waals surface area contributed by atoms with Gasteiger partial charge in [-0.15, -0.1) is 11.3 Å². The first-order chi connectivity index (χ1) is 15.4. The number of hydrogen-bond acceptors (Lipinski definition) is 5. The maximum absolute atomic E-state index is 13.6. The van der Waals surface area contributed by atoms with Crippen molar-refractivity contribution in [3.8, 4) is 0 Å². The third kappa shape index (κ3) is 4.57. The Labute approximate surface area is 195 Å². The van der Waals surface area contributed by atoms with Gasteiger partial charge in [-0.2, -0.15) is 0 Å². The Morgan fingerprint density at radius 3 is 2.62 bits per heavy atom. The van der Waals surface area contributed by atoms with Crippen molar-refractivity contribution in [3.05, 3.63) is 22.4 Å². The number of nitrogens with one attached hydrogen (secondary N) is 1. The molecule has 2 unspecified atom stereocenters. The number of urea groups is 1. The predicted octanol–water partition coefficient (Wildman–Crippen LogP) is 3.10. The number of hydrogen-bond donors (Lipinski definition) is 1. The lowest BCUT2D eigenvalue weighted by Gasteiger charge is -2.41. The zero-order valence-corrected chi connectivity index (χ0v) is 20.2. The Bertz CT molecular complexity index is 821. The van der Waals surface area contributed by atoms with Crippen molar-refractivity contribution < 1.29 is 14.4 Å². The van der Waals surface area contributed by atoms with Gasteiger partial charge < -0.3 is 15.1 Å². The standard InChI is InChI=1S/C24H36N4O3S/c1-3-11-24(18-8-13-27(14-9-18)21(29)17-20-7-5-16-32-20)22(30)28(23(31)25-24)15-10-19-6-4-12-26(19)2/h5,7,16,18-19H,3-4,6,8-15,17H2,1-2H3,(H,25,31). The van der Waals surface area contributed by atoms with Gasteiger partial charge in [0.1, 0.15) is 5.54 Å². The van der Waals surface area contributed by atoms with Crippen LogP contribution in [0.1, 0.15) is 56.7 Å². The fourth-order valence-electron chi connectivity index (χ4n) is 5.81. The number of rotatable bonds is 8. The maximum Gasteiger partial charge on any atom is 0.325 e. The minimum Gasteiger partial charge on any atom is -0.342 e. The van der Waals surface area contributed by atoms with E-state index in [0.29, 0.717) is 38.5 Å². The average Bonchev–Trinajstić information content (AvgIpc) is 3.49. The maximum atomic E-state index is 13.6. The predicted molar refractivity (Wildman–Crippen MR) is 125 cm³/mol. The quantitative estimate of drug-likeness (QED) is 0.605. The second-order valence-electron chi connectivity index (χ2n) is 9.58. The average molecular weight is 461 g/mol. The van der Waals surface area contributed by atoms with E-state index in [1.807, 2.05) is 22.4 Å². The molecule has 1 aromatic rings. The third-order valence-electron chi connectivity index (χ3n) is 7.65. The molecule has 2 atom stereocenters. The number of amides is 4. The van der Waals surface area contributed by atoms with Crippen molar-refractivity contribution in [1.29, 1.82) is 0 Å². The minimum absolute atomic E-state index is 0.0478. The highest BCUT2D eigenvalue weighted by molar-refractivity contribution is 7.10. The summed E-state index contributed by atoms with van der Waals surface area (Å²) < 4.78 is 0. The molecule has 8 heteroatoms. The van der Waals surface area contributed by atoms with E-state index in [1.165, 1.54) is 11.3 Å². The molecule has 1 aromatic heterocycles. The second-order valence-corrected chi connectivity index (χ2v) is 10.6. The SMILES string of the molecule is CCCC1(C2CCN(C(=O)Cc3cccs3)CC2)NC(=O)N(CCC2CCCN2C)C1=O. The van der Waals surface area contributed by atoms with Crippen molar-refractivity contribution in [2.75, 3.05) is 33.2 Å². The monoisotopic (exact) mass is 460 g/mol. The Kier molecular flexibility index (Phi) is 7.20. The number of piperidine rings is 1. The summed E-state index contributed by atoms with van der Waals surface area (Å²) in [6.07, 6.45) is 6.61. The van der Waals surface area contributed by atoms with Crippen LogP contribution in [0.4, 0.5) is 4.79 Å². The van der Waals surface area contributed by atoms with Crippen molar-refractivity contribution >= 4 is 29.2 Å². The van der Waals surface area contributed by atoms with E-state index >= 15 is 0 Å². The van der Waals surface area contributed by atoms with E-state index in [0.717, 1.165) is 43.5 Å². The van der Waals surface area contributed by atoms with Crippen LogP contribution in [0.5, 0.6) is 0 Å². The van der Waals surface area contributed by atoms with Gasteiger partial charge in [0.05, 0.1) is 6.42 Å². The fraction of sp³-hybridized carbons (Fsp3) is 0.708. The normalized spacial score (nSPS) is 27.4. The Morgan fingerprint density at radius 2 is 2.00 bits per heavy atom. The van der Waals surface area contributed by atoms with E-state index in [1.54, 1.807) is 11.3 Å². The van der Waals surface area contributed by atoms with Crippen LogP contribution in [0.25, 0.3) is 0 Å². The topological polar surface area (TPSA) is 73.0 Å². The van der Waals surface area contributed by atoms with Crippen LogP contribution in [0, 0.1) is 5.92 Å². The number of carbonyl (C=O) groups excluding carboxylic acids is 3. The lowest BCUT2D eigenvalue weighted by atomic mass is 9.74. The molecule has 176 valence electrons. The number of thiophene rings is 1. The lowest BCUT2D eigenvalue weighted by molar-refractivity contribution is -0.136.